The maximum absolute atomic E-state index is 14.4. The SMILES string of the molecule is COc1cc(OC)c2c(c1Cl)OC1(C2=O)C(O)=C(C(CC(=O)NC(C)c2ccccn2)c2cc(OC)c(OC)c(OC)c2)C(=O)CC1C. The average Bonchev–Trinajstić information content (AvgIpc) is 3.41. The van der Waals surface area contributed by atoms with Gasteiger partial charge in [-0.25, -0.2) is 0 Å². The molecule has 2 aliphatic rings. The van der Waals surface area contributed by atoms with Gasteiger partial charge in [0.2, 0.25) is 23.0 Å². The summed E-state index contributed by atoms with van der Waals surface area (Å²) in [6.45, 7) is 3.41. The fraction of sp³-hybridized carbons (Fsp3) is 0.371. The summed E-state index contributed by atoms with van der Waals surface area (Å²) in [5.41, 5.74) is -1.22. The molecule has 1 aliphatic carbocycles. The number of rotatable bonds is 11. The minimum atomic E-state index is -2.05. The highest BCUT2D eigenvalue weighted by Crippen LogP contribution is 2.56. The monoisotopic (exact) mass is 680 g/mol. The molecule has 0 fully saturated rings. The predicted octanol–water partition coefficient (Wildman–Crippen LogP) is 5.56. The van der Waals surface area contributed by atoms with Crippen molar-refractivity contribution in [2.24, 2.45) is 5.92 Å². The number of halogens is 1. The number of hydrogen-bond acceptors (Lipinski definition) is 11. The number of allylic oxidation sites excluding steroid dienone is 1. The van der Waals surface area contributed by atoms with Crippen LogP contribution in [-0.4, -0.2) is 68.7 Å². The normalized spacial score (nSPS) is 19.7. The first-order chi connectivity index (χ1) is 23.0. The van der Waals surface area contributed by atoms with Crippen LogP contribution in [0.25, 0.3) is 0 Å². The Labute approximate surface area is 282 Å². The molecule has 1 aromatic heterocycles. The minimum absolute atomic E-state index is 0.000962. The van der Waals surface area contributed by atoms with Crippen LogP contribution in [0.2, 0.25) is 5.02 Å². The van der Waals surface area contributed by atoms with Crippen molar-refractivity contribution in [3.63, 3.8) is 0 Å². The predicted molar refractivity (Wildman–Crippen MR) is 175 cm³/mol. The molecule has 2 heterocycles. The van der Waals surface area contributed by atoms with Gasteiger partial charge in [0.15, 0.2) is 28.8 Å². The van der Waals surface area contributed by atoms with Crippen molar-refractivity contribution in [3.8, 4) is 34.5 Å². The van der Waals surface area contributed by atoms with Gasteiger partial charge < -0.3 is 38.8 Å². The van der Waals surface area contributed by atoms with Gasteiger partial charge in [0.05, 0.1) is 47.3 Å². The van der Waals surface area contributed by atoms with Gasteiger partial charge >= 0.3 is 0 Å². The maximum atomic E-state index is 14.4. The number of fused-ring (bicyclic) bond motifs is 1. The lowest BCUT2D eigenvalue weighted by Gasteiger charge is -2.39. The molecule has 0 saturated heterocycles. The second-order valence-electron chi connectivity index (χ2n) is 11.5. The third-order valence-electron chi connectivity index (χ3n) is 8.85. The van der Waals surface area contributed by atoms with Crippen molar-refractivity contribution >= 4 is 29.1 Å². The molecule has 2 N–H and O–H groups in total. The van der Waals surface area contributed by atoms with Crippen LogP contribution in [0.1, 0.15) is 60.3 Å². The number of nitrogens with one attached hydrogen (secondary N) is 1. The minimum Gasteiger partial charge on any atom is -0.507 e. The van der Waals surface area contributed by atoms with E-state index in [1.54, 1.807) is 50.4 Å². The Hall–Kier alpha value is -4.97. The van der Waals surface area contributed by atoms with Gasteiger partial charge in [-0.05, 0) is 36.8 Å². The summed E-state index contributed by atoms with van der Waals surface area (Å²) in [4.78, 5) is 46.5. The van der Waals surface area contributed by atoms with Crippen LogP contribution in [0.5, 0.6) is 34.5 Å². The quantitative estimate of drug-likeness (QED) is 0.262. The van der Waals surface area contributed by atoms with Crippen molar-refractivity contribution in [3.05, 3.63) is 75.8 Å². The van der Waals surface area contributed by atoms with Crippen LogP contribution < -0.4 is 33.7 Å². The third kappa shape index (κ3) is 5.63. The lowest BCUT2D eigenvalue weighted by molar-refractivity contribution is -0.122. The van der Waals surface area contributed by atoms with E-state index in [9.17, 15) is 19.5 Å². The number of benzene rings is 2. The van der Waals surface area contributed by atoms with E-state index in [1.165, 1.54) is 41.6 Å². The van der Waals surface area contributed by atoms with E-state index >= 15 is 0 Å². The second-order valence-corrected chi connectivity index (χ2v) is 11.9. The smallest absolute Gasteiger partial charge is 0.231 e. The number of nitrogens with zero attached hydrogens (tertiary/aromatic N) is 1. The topological polar surface area (TPSA) is 152 Å². The van der Waals surface area contributed by atoms with E-state index in [4.69, 9.17) is 40.0 Å². The Morgan fingerprint density at radius 2 is 1.67 bits per heavy atom. The van der Waals surface area contributed by atoms with Crippen molar-refractivity contribution in [1.29, 1.82) is 0 Å². The zero-order valence-corrected chi connectivity index (χ0v) is 28.4. The van der Waals surface area contributed by atoms with E-state index in [2.05, 4.69) is 10.3 Å². The lowest BCUT2D eigenvalue weighted by atomic mass is 9.69. The molecular weight excluding hydrogens is 644 g/mol. The highest BCUT2D eigenvalue weighted by atomic mass is 35.5. The number of aromatic nitrogens is 1. The molecule has 4 atom stereocenters. The molecule has 0 bridgehead atoms. The van der Waals surface area contributed by atoms with E-state index in [1.807, 2.05) is 0 Å². The maximum Gasteiger partial charge on any atom is 0.231 e. The van der Waals surface area contributed by atoms with Crippen LogP contribution in [0, 0.1) is 5.92 Å². The van der Waals surface area contributed by atoms with E-state index in [-0.39, 0.29) is 63.5 Å². The van der Waals surface area contributed by atoms with Crippen LogP contribution in [0.15, 0.2) is 53.9 Å². The van der Waals surface area contributed by atoms with Crippen molar-refractivity contribution in [2.75, 3.05) is 35.5 Å². The molecule has 13 heteroatoms. The van der Waals surface area contributed by atoms with Crippen LogP contribution >= 0.6 is 11.6 Å². The number of aliphatic hydroxyl groups is 1. The van der Waals surface area contributed by atoms with Gasteiger partial charge in [-0.1, -0.05) is 24.6 Å². The molecule has 48 heavy (non-hydrogen) atoms. The molecule has 1 spiro atoms. The molecule has 4 unspecified atom stereocenters. The molecule has 1 aliphatic heterocycles. The Morgan fingerprint density at radius 3 is 2.23 bits per heavy atom. The molecule has 5 rings (SSSR count). The van der Waals surface area contributed by atoms with E-state index < -0.39 is 46.7 Å². The molecule has 254 valence electrons. The number of ketones is 2. The van der Waals surface area contributed by atoms with Gasteiger partial charge in [0.1, 0.15) is 22.1 Å². The van der Waals surface area contributed by atoms with Gasteiger partial charge in [0, 0.05) is 42.5 Å². The van der Waals surface area contributed by atoms with E-state index in [0.29, 0.717) is 11.3 Å². The largest absolute Gasteiger partial charge is 0.507 e. The first-order valence-electron chi connectivity index (χ1n) is 15.1. The van der Waals surface area contributed by atoms with Crippen LogP contribution in [0.4, 0.5) is 0 Å². The summed E-state index contributed by atoms with van der Waals surface area (Å²) < 4.78 is 33.8. The summed E-state index contributed by atoms with van der Waals surface area (Å²) in [5, 5.41) is 15.1. The summed E-state index contributed by atoms with van der Waals surface area (Å²) in [7, 11) is 7.09. The molecule has 1 amide bonds. The summed E-state index contributed by atoms with van der Waals surface area (Å²) in [6.07, 6.45) is 1.11. The van der Waals surface area contributed by atoms with Gasteiger partial charge in [-0.2, -0.15) is 0 Å². The first-order valence-corrected chi connectivity index (χ1v) is 15.5. The molecule has 2 aromatic carbocycles. The van der Waals surface area contributed by atoms with Crippen molar-refractivity contribution in [2.45, 2.75) is 44.2 Å². The Kier molecular flexibility index (Phi) is 9.76. The molecule has 3 aromatic rings. The Bertz CT molecular complexity index is 1770. The lowest BCUT2D eigenvalue weighted by Crippen LogP contribution is -2.53. The number of amides is 1. The number of hydrogen-bond donors (Lipinski definition) is 2. The fourth-order valence-corrected chi connectivity index (χ4v) is 6.68. The number of carbonyl (C=O) groups is 3. The molecule has 12 nitrogen and oxygen atoms in total. The van der Waals surface area contributed by atoms with Crippen molar-refractivity contribution < 1.29 is 47.9 Å². The highest BCUT2D eigenvalue weighted by molar-refractivity contribution is 6.35. The third-order valence-corrected chi connectivity index (χ3v) is 9.21. The number of pyridine rings is 1. The number of Topliss-reactive ketones (excluding diaryl/α,β-unsaturated/α-hetero) is 2. The van der Waals surface area contributed by atoms with Gasteiger partial charge in [-0.15, -0.1) is 0 Å². The summed E-state index contributed by atoms with van der Waals surface area (Å²) in [6, 6.07) is 9.51. The fourth-order valence-electron chi connectivity index (χ4n) is 6.42. The molecular formula is C35H37ClN2O10. The molecule has 0 saturated carbocycles. The van der Waals surface area contributed by atoms with Crippen LogP contribution in [-0.2, 0) is 9.59 Å². The number of carbonyl (C=O) groups excluding carboxylic acids is 3. The average molecular weight is 681 g/mol. The number of ether oxygens (including phenoxy) is 6. The van der Waals surface area contributed by atoms with Crippen LogP contribution in [0.3, 0.4) is 0 Å². The number of aliphatic hydroxyl groups excluding tert-OH is 1. The first kappa shape index (κ1) is 34.4. The van der Waals surface area contributed by atoms with Crippen molar-refractivity contribution in [1.82, 2.24) is 10.3 Å². The van der Waals surface area contributed by atoms with E-state index in [0.717, 1.165) is 0 Å². The second kappa shape index (κ2) is 13.6. The Morgan fingerprint density at radius 1 is 1.02 bits per heavy atom. The molecule has 0 radical (unpaired) electrons. The highest BCUT2D eigenvalue weighted by Gasteiger charge is 2.61. The summed E-state index contributed by atoms with van der Waals surface area (Å²) in [5.74, 6) is -3.07. The summed E-state index contributed by atoms with van der Waals surface area (Å²) >= 11 is 6.61. The zero-order valence-electron chi connectivity index (χ0n) is 27.6. The number of methoxy groups -OCH3 is 5. The standard InChI is InChI=1S/C35H37ClN2O10/c1-17-12-22(39)28(33(41)35(17)34(42)29-23(43-3)16-24(44-4)30(36)32(29)48-35)20(15-27(40)38-18(2)21-10-8-9-11-37-21)19-13-25(45-5)31(47-7)26(14-19)46-6/h8-11,13-14,16-18,20,41H,12,15H2,1-7H3,(H,38,40). The van der Waals surface area contributed by atoms with Gasteiger partial charge in [0.25, 0.3) is 0 Å². The Balaban J connectivity index is 1.69. The zero-order chi connectivity index (χ0) is 34.9. The van der Waals surface area contributed by atoms with Gasteiger partial charge in [-0.3, -0.25) is 19.4 Å².